The molecule has 2 amide bonds. The van der Waals surface area contributed by atoms with Gasteiger partial charge in [-0.15, -0.1) is 26.3 Å². The van der Waals surface area contributed by atoms with Gasteiger partial charge in [0.25, 0.3) is 0 Å². The number of hydrogen-bond acceptors (Lipinski definition) is 8. The van der Waals surface area contributed by atoms with Crippen LogP contribution in [0.15, 0.2) is 62.8 Å². The second-order valence-electron chi connectivity index (χ2n) is 15.1. The molecule has 2 aromatic carbocycles. The Morgan fingerprint density at radius 1 is 0.586 bits per heavy atom. The smallest absolute Gasteiger partial charge is 0.417 e. The van der Waals surface area contributed by atoms with Gasteiger partial charge in [0.15, 0.2) is 0 Å². The van der Waals surface area contributed by atoms with Gasteiger partial charge in [0.2, 0.25) is 11.8 Å². The third kappa shape index (κ3) is 12.1. The Labute approximate surface area is 346 Å². The third-order valence-corrected chi connectivity index (χ3v) is 10.8. The maximum absolute atomic E-state index is 13.8. The first-order valence-electron chi connectivity index (χ1n) is 21.5. The van der Waals surface area contributed by atoms with Gasteiger partial charge >= 0.3 is 11.9 Å². The van der Waals surface area contributed by atoms with Crippen LogP contribution in [-0.4, -0.2) is 63.0 Å². The Morgan fingerprint density at radius 3 is 1.33 bits per heavy atom. The molecule has 2 aliphatic rings. The van der Waals surface area contributed by atoms with Crippen molar-refractivity contribution in [3.8, 4) is 11.5 Å². The number of unbranched alkanes of at least 4 members (excludes halogenated alkanes) is 4. The first-order valence-corrected chi connectivity index (χ1v) is 21.5. The molecule has 4 rings (SSSR count). The minimum absolute atomic E-state index is 0.0622. The number of carbonyl (C=O) groups is 4. The van der Waals surface area contributed by atoms with E-state index in [1.807, 2.05) is 21.9 Å². The normalized spacial score (nSPS) is 13.5. The minimum Gasteiger partial charge on any atom is -0.417 e. The Bertz CT molecular complexity index is 1670. The summed E-state index contributed by atoms with van der Waals surface area (Å²) < 4.78 is 12.0. The highest BCUT2D eigenvalue weighted by atomic mass is 16.6. The maximum atomic E-state index is 13.8. The first-order chi connectivity index (χ1) is 28.2. The van der Waals surface area contributed by atoms with Crippen molar-refractivity contribution >= 4 is 35.1 Å². The third-order valence-electron chi connectivity index (χ3n) is 10.8. The molecule has 0 radical (unpaired) electrons. The van der Waals surface area contributed by atoms with E-state index >= 15 is 0 Å². The topological polar surface area (TPSA) is 117 Å². The van der Waals surface area contributed by atoms with E-state index in [1.54, 1.807) is 24.3 Å². The lowest BCUT2D eigenvalue weighted by atomic mass is 9.89. The fourth-order valence-electron chi connectivity index (χ4n) is 7.89. The standard InChI is InChI=1S/C48H66N4O6/c1-7-13-27-49-29-15-17-31-51-41-33-35(19-9-3)45(39(21-11-5)37(41)23-25-43(51)53)57-47(55)48(56)58-46-36(20-10-4)34-42-38(40(46)22-12-6)24-26-44(54)52(42)32-18-16-30-50-28-14-8-2/h9-12,33-34,49-50H,3-8,13-32H2,1-2H3. The van der Waals surface area contributed by atoms with Gasteiger partial charge in [-0.1, -0.05) is 51.0 Å². The number of carbonyl (C=O) groups excluding carboxylic acids is 4. The van der Waals surface area contributed by atoms with Crippen LogP contribution in [0.3, 0.4) is 0 Å². The van der Waals surface area contributed by atoms with Gasteiger partial charge < -0.3 is 29.9 Å². The van der Waals surface area contributed by atoms with Crippen molar-refractivity contribution in [1.29, 1.82) is 0 Å². The number of fused-ring (bicyclic) bond motifs is 2. The van der Waals surface area contributed by atoms with Crippen molar-refractivity contribution in [2.75, 3.05) is 49.1 Å². The average Bonchev–Trinajstić information content (AvgIpc) is 3.21. The molecule has 10 nitrogen and oxygen atoms in total. The van der Waals surface area contributed by atoms with E-state index in [2.05, 4.69) is 50.8 Å². The fraction of sp³-hybridized carbons (Fsp3) is 0.500. The van der Waals surface area contributed by atoms with Gasteiger partial charge in [0.1, 0.15) is 11.5 Å². The molecule has 314 valence electrons. The van der Waals surface area contributed by atoms with E-state index in [4.69, 9.17) is 9.47 Å². The molecule has 0 unspecified atom stereocenters. The summed E-state index contributed by atoms with van der Waals surface area (Å²) in [6, 6.07) is 3.80. The van der Waals surface area contributed by atoms with Crippen LogP contribution in [0.1, 0.15) is 111 Å². The lowest BCUT2D eigenvalue weighted by molar-refractivity contribution is -0.156. The van der Waals surface area contributed by atoms with Crippen LogP contribution in [0.25, 0.3) is 0 Å². The number of hydrogen-bond donors (Lipinski definition) is 2. The van der Waals surface area contributed by atoms with Crippen molar-refractivity contribution in [1.82, 2.24) is 10.6 Å². The van der Waals surface area contributed by atoms with Crippen LogP contribution < -0.4 is 29.9 Å². The van der Waals surface area contributed by atoms with Crippen LogP contribution in [0.5, 0.6) is 11.5 Å². The van der Waals surface area contributed by atoms with E-state index in [0.717, 1.165) is 111 Å². The van der Waals surface area contributed by atoms with E-state index < -0.39 is 11.9 Å². The van der Waals surface area contributed by atoms with E-state index in [9.17, 15) is 19.2 Å². The Hall–Kier alpha value is -4.80. The highest BCUT2D eigenvalue weighted by Crippen LogP contribution is 2.42. The summed E-state index contributed by atoms with van der Waals surface area (Å²) in [6.07, 6.45) is 18.1. The summed E-state index contributed by atoms with van der Waals surface area (Å²) in [4.78, 5) is 57.9. The number of allylic oxidation sites excluding steroid dienone is 4. The van der Waals surface area contributed by atoms with Crippen molar-refractivity contribution in [3.63, 3.8) is 0 Å². The Balaban J connectivity index is 1.61. The predicted molar refractivity (Wildman–Crippen MR) is 235 cm³/mol. The predicted octanol–water partition coefficient (Wildman–Crippen LogP) is 8.01. The molecule has 0 bridgehead atoms. The number of benzene rings is 2. The molecule has 58 heavy (non-hydrogen) atoms. The number of amides is 2. The van der Waals surface area contributed by atoms with Gasteiger partial charge in [-0.25, -0.2) is 9.59 Å². The van der Waals surface area contributed by atoms with Gasteiger partial charge in [-0.2, -0.15) is 0 Å². The molecule has 2 N–H and O–H groups in total. The number of anilines is 2. The zero-order valence-corrected chi connectivity index (χ0v) is 35.2. The van der Waals surface area contributed by atoms with E-state index in [0.29, 0.717) is 75.6 Å². The molecular formula is C48H66N4O6. The summed E-state index contributed by atoms with van der Waals surface area (Å²) in [5.74, 6) is -1.66. The van der Waals surface area contributed by atoms with E-state index in [1.165, 1.54) is 0 Å². The molecule has 0 spiro atoms. The van der Waals surface area contributed by atoms with Crippen LogP contribution in [0, 0.1) is 0 Å². The lowest BCUT2D eigenvalue weighted by Gasteiger charge is -2.33. The van der Waals surface area contributed by atoms with Gasteiger partial charge in [0.05, 0.1) is 0 Å². The first kappa shape index (κ1) is 45.9. The number of esters is 2. The molecular weight excluding hydrogens is 729 g/mol. The van der Waals surface area contributed by atoms with E-state index in [-0.39, 0.29) is 23.3 Å². The molecule has 0 saturated heterocycles. The van der Waals surface area contributed by atoms with Crippen LogP contribution in [0.4, 0.5) is 11.4 Å². The molecule has 2 aliphatic heterocycles. The zero-order chi connectivity index (χ0) is 41.9. The molecule has 0 aliphatic carbocycles. The highest BCUT2D eigenvalue weighted by Gasteiger charge is 2.33. The lowest BCUT2D eigenvalue weighted by Crippen LogP contribution is -2.37. The van der Waals surface area contributed by atoms with Crippen molar-refractivity contribution < 1.29 is 28.7 Å². The largest absolute Gasteiger partial charge is 0.423 e. The number of nitrogens with one attached hydrogen (secondary N) is 2. The number of rotatable bonds is 26. The number of nitrogens with zero attached hydrogens (tertiary/aromatic N) is 2. The van der Waals surface area contributed by atoms with Crippen LogP contribution >= 0.6 is 0 Å². The summed E-state index contributed by atoms with van der Waals surface area (Å²) in [5, 5.41) is 6.94. The second-order valence-corrected chi connectivity index (χ2v) is 15.1. The van der Waals surface area contributed by atoms with Gasteiger partial charge in [-0.05, 0) is 126 Å². The molecule has 2 aromatic rings. The zero-order valence-electron chi connectivity index (χ0n) is 35.2. The summed E-state index contributed by atoms with van der Waals surface area (Å²) in [6.45, 7) is 25.1. The van der Waals surface area contributed by atoms with Crippen LogP contribution in [-0.2, 0) is 57.7 Å². The molecule has 0 saturated carbocycles. The molecule has 2 heterocycles. The average molecular weight is 795 g/mol. The SMILES string of the molecule is C=CCc1cc2c(c(CC=C)c1OC(=O)C(=O)Oc1c(CC=C)cc3c(c1CC=C)CCC(=O)N3CCCCNCCCC)CCC(=O)N2CCCCNCCCC. The molecule has 0 atom stereocenters. The van der Waals surface area contributed by atoms with Gasteiger partial charge in [0, 0.05) is 59.6 Å². The second kappa shape index (κ2) is 24.2. The van der Waals surface area contributed by atoms with Crippen LogP contribution in [0.2, 0.25) is 0 Å². The molecule has 10 heteroatoms. The van der Waals surface area contributed by atoms with Crippen molar-refractivity contribution in [3.05, 3.63) is 96.1 Å². The fourth-order valence-corrected chi connectivity index (χ4v) is 7.89. The minimum atomic E-state index is -1.16. The Morgan fingerprint density at radius 2 is 0.966 bits per heavy atom. The quantitative estimate of drug-likeness (QED) is 0.0324. The summed E-state index contributed by atoms with van der Waals surface area (Å²) in [7, 11) is 0. The van der Waals surface area contributed by atoms with Crippen molar-refractivity contribution in [2.45, 2.75) is 117 Å². The molecule has 0 fully saturated rings. The number of ether oxygens (including phenoxy) is 2. The highest BCUT2D eigenvalue weighted by molar-refractivity contribution is 6.31. The molecule has 0 aromatic heterocycles. The monoisotopic (exact) mass is 794 g/mol. The Kier molecular flexibility index (Phi) is 19.1. The maximum Gasteiger partial charge on any atom is 0.423 e. The van der Waals surface area contributed by atoms with Gasteiger partial charge in [-0.3, -0.25) is 9.59 Å². The van der Waals surface area contributed by atoms with Crippen molar-refractivity contribution in [2.24, 2.45) is 0 Å². The summed E-state index contributed by atoms with van der Waals surface area (Å²) >= 11 is 0. The summed E-state index contributed by atoms with van der Waals surface area (Å²) in [5.41, 5.74) is 6.16.